The standard InChI is InChI=1S/C20H16N4O5S2/c1-31(28,29)17-4-2-3-15(13-17)23-12-10-19(25)20(22-23)18-9-11-21-24(18)14-5-7-16(8-6-14)30(26)27/h2-13H,1H3,(H,26,27). The van der Waals surface area contributed by atoms with Gasteiger partial charge in [0.2, 0.25) is 5.43 Å². The van der Waals surface area contributed by atoms with E-state index in [0.717, 1.165) is 6.26 Å². The highest BCUT2D eigenvalue weighted by atomic mass is 32.2. The predicted octanol–water partition coefficient (Wildman–Crippen LogP) is 2.07. The average Bonchev–Trinajstić information content (AvgIpc) is 3.23. The summed E-state index contributed by atoms with van der Waals surface area (Å²) in [6, 6.07) is 15.4. The van der Waals surface area contributed by atoms with Crippen molar-refractivity contribution in [1.82, 2.24) is 19.6 Å². The van der Waals surface area contributed by atoms with E-state index in [1.54, 1.807) is 30.3 Å². The molecule has 0 aliphatic rings. The minimum atomic E-state index is -3.40. The van der Waals surface area contributed by atoms with Gasteiger partial charge < -0.3 is 4.55 Å². The fourth-order valence-corrected chi connectivity index (χ4v) is 4.01. The first kappa shape index (κ1) is 20.8. The van der Waals surface area contributed by atoms with E-state index in [4.69, 9.17) is 0 Å². The highest BCUT2D eigenvalue weighted by molar-refractivity contribution is 7.90. The van der Waals surface area contributed by atoms with Crippen molar-refractivity contribution < 1.29 is 17.2 Å². The fourth-order valence-electron chi connectivity index (χ4n) is 2.98. The van der Waals surface area contributed by atoms with Gasteiger partial charge in [0, 0.05) is 18.5 Å². The molecule has 2 aromatic heterocycles. The molecule has 31 heavy (non-hydrogen) atoms. The van der Waals surface area contributed by atoms with Gasteiger partial charge in [-0.1, -0.05) is 6.07 Å². The van der Waals surface area contributed by atoms with E-state index in [2.05, 4.69) is 10.2 Å². The summed E-state index contributed by atoms with van der Waals surface area (Å²) in [4.78, 5) is 12.9. The second-order valence-corrected chi connectivity index (χ2v) is 9.60. The summed E-state index contributed by atoms with van der Waals surface area (Å²) in [6.45, 7) is 0. The molecule has 0 radical (unpaired) electrons. The molecule has 4 rings (SSSR count). The first-order valence-corrected chi connectivity index (χ1v) is 11.9. The van der Waals surface area contributed by atoms with Crippen molar-refractivity contribution in [3.8, 4) is 22.8 Å². The van der Waals surface area contributed by atoms with Crippen molar-refractivity contribution in [2.75, 3.05) is 6.26 Å². The van der Waals surface area contributed by atoms with Crippen molar-refractivity contribution >= 4 is 20.9 Å². The van der Waals surface area contributed by atoms with Gasteiger partial charge in [-0.05, 0) is 48.5 Å². The lowest BCUT2D eigenvalue weighted by Gasteiger charge is -2.10. The van der Waals surface area contributed by atoms with E-state index in [1.807, 2.05) is 0 Å². The Morgan fingerprint density at radius 1 is 1.00 bits per heavy atom. The highest BCUT2D eigenvalue weighted by Crippen LogP contribution is 2.20. The van der Waals surface area contributed by atoms with Crippen LogP contribution in [0.25, 0.3) is 22.8 Å². The zero-order chi connectivity index (χ0) is 22.2. The lowest BCUT2D eigenvalue weighted by Crippen LogP contribution is -2.15. The molecule has 0 spiro atoms. The van der Waals surface area contributed by atoms with Gasteiger partial charge in [0.05, 0.1) is 33.1 Å². The van der Waals surface area contributed by atoms with Gasteiger partial charge in [-0.15, -0.1) is 0 Å². The Hall–Kier alpha value is -3.41. The van der Waals surface area contributed by atoms with Crippen LogP contribution < -0.4 is 5.43 Å². The molecule has 4 aromatic rings. The van der Waals surface area contributed by atoms with E-state index >= 15 is 0 Å². The Morgan fingerprint density at radius 2 is 1.74 bits per heavy atom. The third-order valence-electron chi connectivity index (χ3n) is 4.49. The molecule has 0 bridgehead atoms. The molecule has 0 aliphatic heterocycles. The van der Waals surface area contributed by atoms with E-state index in [-0.39, 0.29) is 20.9 Å². The SMILES string of the molecule is CS(=O)(=O)c1cccc(-n2ccc(=O)c(-c3ccnn3-c3ccc(S(=O)O)cc3)n2)c1. The largest absolute Gasteiger partial charge is 0.302 e. The van der Waals surface area contributed by atoms with Gasteiger partial charge in [0.1, 0.15) is 0 Å². The zero-order valence-corrected chi connectivity index (χ0v) is 17.7. The minimum Gasteiger partial charge on any atom is -0.302 e. The molecule has 0 fully saturated rings. The maximum Gasteiger partial charge on any atom is 0.209 e. The second kappa shape index (κ2) is 8.02. The first-order chi connectivity index (χ1) is 14.7. The molecule has 1 atom stereocenters. The monoisotopic (exact) mass is 456 g/mol. The summed E-state index contributed by atoms with van der Waals surface area (Å²) in [5, 5.41) is 8.64. The molecule has 0 saturated carbocycles. The van der Waals surface area contributed by atoms with Crippen LogP contribution in [0.3, 0.4) is 0 Å². The summed E-state index contributed by atoms with van der Waals surface area (Å²) >= 11 is -2.10. The van der Waals surface area contributed by atoms with Crippen LogP contribution in [0.15, 0.2) is 87.6 Å². The van der Waals surface area contributed by atoms with Gasteiger partial charge >= 0.3 is 0 Å². The third-order valence-corrected chi connectivity index (χ3v) is 6.27. The van der Waals surface area contributed by atoms with Crippen LogP contribution in [-0.4, -0.2) is 43.0 Å². The van der Waals surface area contributed by atoms with E-state index < -0.39 is 20.9 Å². The molecule has 158 valence electrons. The first-order valence-electron chi connectivity index (χ1n) is 8.90. The number of benzene rings is 2. The van der Waals surface area contributed by atoms with Crippen molar-refractivity contribution in [2.45, 2.75) is 9.79 Å². The molecule has 11 heteroatoms. The maximum absolute atomic E-state index is 12.6. The molecule has 2 aromatic carbocycles. The molecule has 0 aliphatic carbocycles. The van der Waals surface area contributed by atoms with Gasteiger partial charge in [-0.3, -0.25) is 4.79 Å². The highest BCUT2D eigenvalue weighted by Gasteiger charge is 2.15. The molecular weight excluding hydrogens is 440 g/mol. The van der Waals surface area contributed by atoms with Gasteiger partial charge in [-0.2, -0.15) is 10.2 Å². The number of sulfone groups is 1. The van der Waals surface area contributed by atoms with Gasteiger partial charge in [0.25, 0.3) is 0 Å². The van der Waals surface area contributed by atoms with Gasteiger partial charge in [-0.25, -0.2) is 22.0 Å². The summed E-state index contributed by atoms with van der Waals surface area (Å²) in [6.07, 6.45) is 4.09. The Morgan fingerprint density at radius 3 is 2.42 bits per heavy atom. The molecule has 2 heterocycles. The second-order valence-electron chi connectivity index (χ2n) is 6.61. The molecule has 1 unspecified atom stereocenters. The van der Waals surface area contributed by atoms with E-state index in [1.165, 1.54) is 52.1 Å². The summed E-state index contributed by atoms with van der Waals surface area (Å²) < 4.78 is 47.0. The normalized spacial score (nSPS) is 12.6. The third kappa shape index (κ3) is 4.24. The summed E-state index contributed by atoms with van der Waals surface area (Å²) in [5.41, 5.74) is 1.23. The Kier molecular flexibility index (Phi) is 5.39. The van der Waals surface area contributed by atoms with Crippen molar-refractivity contribution in [3.05, 3.63) is 83.3 Å². The lowest BCUT2D eigenvalue weighted by molar-refractivity contribution is 0.564. The van der Waals surface area contributed by atoms with Crippen LogP contribution in [0.5, 0.6) is 0 Å². The number of nitrogens with zero attached hydrogens (tertiary/aromatic N) is 4. The van der Waals surface area contributed by atoms with Crippen LogP contribution in [0, 0.1) is 0 Å². The Bertz CT molecular complexity index is 1460. The average molecular weight is 457 g/mol. The van der Waals surface area contributed by atoms with Crippen LogP contribution in [0.4, 0.5) is 0 Å². The van der Waals surface area contributed by atoms with E-state index in [0.29, 0.717) is 17.1 Å². The van der Waals surface area contributed by atoms with Crippen LogP contribution >= 0.6 is 0 Å². The van der Waals surface area contributed by atoms with Crippen molar-refractivity contribution in [1.29, 1.82) is 0 Å². The smallest absolute Gasteiger partial charge is 0.209 e. The van der Waals surface area contributed by atoms with E-state index in [9.17, 15) is 22.0 Å². The summed E-state index contributed by atoms with van der Waals surface area (Å²) in [7, 11) is -3.40. The van der Waals surface area contributed by atoms with Crippen LogP contribution in [0.1, 0.15) is 0 Å². The maximum atomic E-state index is 12.6. The Labute approximate surface area is 179 Å². The number of aromatic nitrogens is 4. The van der Waals surface area contributed by atoms with Gasteiger partial charge in [0.15, 0.2) is 26.6 Å². The lowest BCUT2D eigenvalue weighted by atomic mass is 10.2. The molecule has 0 saturated heterocycles. The number of hydrogen-bond acceptors (Lipinski definition) is 6. The molecule has 9 nitrogen and oxygen atoms in total. The number of rotatable bonds is 5. The fraction of sp³-hybridized carbons (Fsp3) is 0.0500. The van der Waals surface area contributed by atoms with Crippen LogP contribution in [0.2, 0.25) is 0 Å². The van der Waals surface area contributed by atoms with Crippen molar-refractivity contribution in [3.63, 3.8) is 0 Å². The molecule has 0 amide bonds. The number of hydrogen-bond donors (Lipinski definition) is 1. The van der Waals surface area contributed by atoms with Crippen LogP contribution in [-0.2, 0) is 20.9 Å². The molecule has 1 N–H and O–H groups in total. The Balaban J connectivity index is 1.80. The minimum absolute atomic E-state index is 0.111. The topological polar surface area (TPSA) is 124 Å². The van der Waals surface area contributed by atoms with Crippen molar-refractivity contribution in [2.24, 2.45) is 0 Å². The summed E-state index contributed by atoms with van der Waals surface area (Å²) in [5.74, 6) is 0. The molecular formula is C20H16N4O5S2. The predicted molar refractivity (Wildman–Crippen MR) is 115 cm³/mol. The quantitative estimate of drug-likeness (QED) is 0.456. The zero-order valence-electron chi connectivity index (χ0n) is 16.1.